The van der Waals surface area contributed by atoms with E-state index < -0.39 is 23.4 Å². The number of halogens is 2. The van der Waals surface area contributed by atoms with Gasteiger partial charge in [-0.1, -0.05) is 18.2 Å². The van der Waals surface area contributed by atoms with Crippen LogP contribution >= 0.6 is 0 Å². The summed E-state index contributed by atoms with van der Waals surface area (Å²) >= 11 is 0. The third kappa shape index (κ3) is 4.15. The first-order valence-electron chi connectivity index (χ1n) is 10.2. The Morgan fingerprint density at radius 1 is 0.909 bits per heavy atom. The standard InChI is InChI=1S/C25H20F2N2O4/c1-3-33-17-11-8-15(9-12-17)28-23-22(18-6-4-5-7-21(18)32-2)24(30)29(25(23)31)16-10-13-19(26)20(27)14-16/h4-14,28H,3H2,1-2H3. The van der Waals surface area contributed by atoms with Gasteiger partial charge in [-0.05, 0) is 49.4 Å². The monoisotopic (exact) mass is 450 g/mol. The van der Waals surface area contributed by atoms with Crippen molar-refractivity contribution < 1.29 is 27.8 Å². The number of carbonyl (C=O) groups excluding carboxylic acids is 2. The zero-order valence-electron chi connectivity index (χ0n) is 17.9. The Hall–Kier alpha value is -4.20. The number of nitrogens with zero attached hydrogens (tertiary/aromatic N) is 1. The summed E-state index contributed by atoms with van der Waals surface area (Å²) in [5.74, 6) is -2.61. The molecule has 1 heterocycles. The number of nitrogens with one attached hydrogen (secondary N) is 1. The Morgan fingerprint density at radius 3 is 2.30 bits per heavy atom. The van der Waals surface area contributed by atoms with Crippen LogP contribution in [0.5, 0.6) is 11.5 Å². The van der Waals surface area contributed by atoms with E-state index in [-0.39, 0.29) is 17.0 Å². The van der Waals surface area contributed by atoms with E-state index in [1.807, 2.05) is 6.92 Å². The van der Waals surface area contributed by atoms with Crippen LogP contribution in [0, 0.1) is 11.6 Å². The number of benzene rings is 3. The summed E-state index contributed by atoms with van der Waals surface area (Å²) in [7, 11) is 1.45. The van der Waals surface area contributed by atoms with Crippen LogP contribution in [0.4, 0.5) is 20.2 Å². The average Bonchev–Trinajstić information content (AvgIpc) is 3.06. The third-order valence-corrected chi connectivity index (χ3v) is 5.06. The molecule has 1 aliphatic rings. The molecule has 0 unspecified atom stereocenters. The Bertz CT molecular complexity index is 1260. The maximum Gasteiger partial charge on any atom is 0.282 e. The molecule has 33 heavy (non-hydrogen) atoms. The number of hydrogen-bond acceptors (Lipinski definition) is 5. The molecule has 0 aromatic heterocycles. The van der Waals surface area contributed by atoms with E-state index in [2.05, 4.69) is 5.32 Å². The minimum Gasteiger partial charge on any atom is -0.496 e. The van der Waals surface area contributed by atoms with Gasteiger partial charge in [0.15, 0.2) is 11.6 Å². The lowest BCUT2D eigenvalue weighted by molar-refractivity contribution is -0.120. The number of ether oxygens (including phenoxy) is 2. The van der Waals surface area contributed by atoms with E-state index in [4.69, 9.17) is 9.47 Å². The van der Waals surface area contributed by atoms with Gasteiger partial charge in [0, 0.05) is 17.3 Å². The minimum absolute atomic E-state index is 0.0154. The minimum atomic E-state index is -1.17. The van der Waals surface area contributed by atoms with Crippen LogP contribution in [0.25, 0.3) is 5.57 Å². The van der Waals surface area contributed by atoms with Crippen LogP contribution in [0.1, 0.15) is 12.5 Å². The van der Waals surface area contributed by atoms with E-state index >= 15 is 0 Å². The van der Waals surface area contributed by atoms with Gasteiger partial charge in [0.25, 0.3) is 11.8 Å². The highest BCUT2D eigenvalue weighted by molar-refractivity contribution is 6.46. The molecule has 3 aromatic rings. The van der Waals surface area contributed by atoms with Gasteiger partial charge in [-0.3, -0.25) is 9.59 Å². The molecule has 0 saturated heterocycles. The second-order valence-electron chi connectivity index (χ2n) is 7.08. The topological polar surface area (TPSA) is 67.9 Å². The SMILES string of the molecule is CCOc1ccc(NC2=C(c3ccccc3OC)C(=O)N(c3ccc(F)c(F)c3)C2=O)cc1. The largest absolute Gasteiger partial charge is 0.496 e. The van der Waals surface area contributed by atoms with E-state index in [1.54, 1.807) is 48.5 Å². The molecule has 6 nitrogen and oxygen atoms in total. The summed E-state index contributed by atoms with van der Waals surface area (Å²) in [4.78, 5) is 27.6. The van der Waals surface area contributed by atoms with Gasteiger partial charge in [-0.25, -0.2) is 13.7 Å². The van der Waals surface area contributed by atoms with Crippen molar-refractivity contribution in [1.82, 2.24) is 0 Å². The number of methoxy groups -OCH3 is 1. The molecule has 0 radical (unpaired) electrons. The number of para-hydroxylation sites is 1. The summed E-state index contributed by atoms with van der Waals surface area (Å²) in [5.41, 5.74) is 0.875. The molecule has 3 aromatic carbocycles. The summed E-state index contributed by atoms with van der Waals surface area (Å²) in [6.07, 6.45) is 0. The summed E-state index contributed by atoms with van der Waals surface area (Å²) < 4.78 is 38.2. The molecule has 8 heteroatoms. The Morgan fingerprint density at radius 2 is 1.64 bits per heavy atom. The van der Waals surface area contributed by atoms with Gasteiger partial charge < -0.3 is 14.8 Å². The van der Waals surface area contributed by atoms with Crippen molar-refractivity contribution in [2.45, 2.75) is 6.92 Å². The van der Waals surface area contributed by atoms with Crippen LogP contribution in [0.15, 0.2) is 72.4 Å². The zero-order chi connectivity index (χ0) is 23.5. The lowest BCUT2D eigenvalue weighted by Crippen LogP contribution is -2.32. The van der Waals surface area contributed by atoms with Crippen molar-refractivity contribution in [2.75, 3.05) is 23.9 Å². The fourth-order valence-electron chi connectivity index (χ4n) is 3.55. The lowest BCUT2D eigenvalue weighted by atomic mass is 10.0. The van der Waals surface area contributed by atoms with Crippen molar-refractivity contribution in [2.24, 2.45) is 0 Å². The molecule has 0 fully saturated rings. The van der Waals surface area contributed by atoms with Gasteiger partial charge in [0.1, 0.15) is 17.2 Å². The van der Waals surface area contributed by atoms with Crippen molar-refractivity contribution in [1.29, 1.82) is 0 Å². The number of imide groups is 1. The highest BCUT2D eigenvalue weighted by atomic mass is 19.2. The molecule has 1 N–H and O–H groups in total. The normalized spacial score (nSPS) is 13.5. The fraction of sp³-hybridized carbons (Fsp3) is 0.120. The molecule has 0 atom stereocenters. The first-order valence-corrected chi connectivity index (χ1v) is 10.2. The van der Waals surface area contributed by atoms with E-state index in [9.17, 15) is 18.4 Å². The molecule has 2 amide bonds. The number of amides is 2. The zero-order valence-corrected chi connectivity index (χ0v) is 17.9. The highest BCUT2D eigenvalue weighted by Crippen LogP contribution is 2.37. The average molecular weight is 450 g/mol. The number of carbonyl (C=O) groups is 2. The lowest BCUT2D eigenvalue weighted by Gasteiger charge is -2.16. The van der Waals surface area contributed by atoms with E-state index in [0.717, 1.165) is 17.0 Å². The molecular weight excluding hydrogens is 430 g/mol. The Balaban J connectivity index is 1.81. The summed E-state index contributed by atoms with van der Waals surface area (Å²) in [5, 5.41) is 3.00. The van der Waals surface area contributed by atoms with Crippen LogP contribution in [0.3, 0.4) is 0 Å². The number of rotatable bonds is 7. The smallest absolute Gasteiger partial charge is 0.282 e. The Kier molecular flexibility index (Phi) is 6.08. The fourth-order valence-corrected chi connectivity index (χ4v) is 3.55. The van der Waals surface area contributed by atoms with Crippen molar-refractivity contribution in [3.63, 3.8) is 0 Å². The third-order valence-electron chi connectivity index (χ3n) is 5.06. The maximum absolute atomic E-state index is 13.9. The number of anilines is 2. The van der Waals surface area contributed by atoms with Crippen LogP contribution < -0.4 is 19.7 Å². The number of hydrogen-bond donors (Lipinski definition) is 1. The molecule has 0 aliphatic carbocycles. The van der Waals surface area contributed by atoms with Gasteiger partial charge in [0.05, 0.1) is 25.0 Å². The molecule has 168 valence electrons. The van der Waals surface area contributed by atoms with Crippen molar-refractivity contribution in [3.05, 3.63) is 89.6 Å². The first kappa shape index (κ1) is 22.0. The van der Waals surface area contributed by atoms with E-state index in [0.29, 0.717) is 29.4 Å². The summed E-state index contributed by atoms with van der Waals surface area (Å²) in [6, 6.07) is 16.5. The first-order chi connectivity index (χ1) is 15.9. The molecule has 0 saturated carbocycles. The Labute approximate surface area is 189 Å². The van der Waals surface area contributed by atoms with Gasteiger partial charge >= 0.3 is 0 Å². The molecule has 4 rings (SSSR count). The van der Waals surface area contributed by atoms with Crippen LogP contribution in [-0.2, 0) is 9.59 Å². The molecular formula is C25H20F2N2O4. The second-order valence-corrected chi connectivity index (χ2v) is 7.08. The van der Waals surface area contributed by atoms with Crippen LogP contribution in [-0.4, -0.2) is 25.5 Å². The van der Waals surface area contributed by atoms with Gasteiger partial charge in [-0.2, -0.15) is 0 Å². The quantitative estimate of drug-likeness (QED) is 0.526. The molecule has 1 aliphatic heterocycles. The highest BCUT2D eigenvalue weighted by Gasteiger charge is 2.41. The maximum atomic E-state index is 13.9. The molecule has 0 bridgehead atoms. The van der Waals surface area contributed by atoms with Gasteiger partial charge in [-0.15, -0.1) is 0 Å². The van der Waals surface area contributed by atoms with Crippen molar-refractivity contribution in [3.8, 4) is 11.5 Å². The summed E-state index contributed by atoms with van der Waals surface area (Å²) in [6.45, 7) is 2.37. The van der Waals surface area contributed by atoms with Crippen molar-refractivity contribution >= 4 is 28.8 Å². The van der Waals surface area contributed by atoms with Gasteiger partial charge in [0.2, 0.25) is 0 Å². The molecule has 0 spiro atoms. The predicted molar refractivity (Wildman–Crippen MR) is 120 cm³/mol. The predicted octanol–water partition coefficient (Wildman–Crippen LogP) is 4.77. The second kappa shape index (κ2) is 9.12. The van der Waals surface area contributed by atoms with E-state index in [1.165, 1.54) is 13.2 Å². The van der Waals surface area contributed by atoms with Crippen LogP contribution in [0.2, 0.25) is 0 Å².